The van der Waals surface area contributed by atoms with Gasteiger partial charge in [0.1, 0.15) is 0 Å². The molecule has 4 heterocycles. The van der Waals surface area contributed by atoms with Crippen molar-refractivity contribution in [2.24, 2.45) is 0 Å². The molecule has 0 atom stereocenters. The van der Waals surface area contributed by atoms with Crippen LogP contribution in [0.15, 0.2) is 18.7 Å². The Kier molecular flexibility index (Phi) is 5.04. The summed E-state index contributed by atoms with van der Waals surface area (Å²) in [7, 11) is 4.06. The molecule has 0 aromatic carbocycles. The zero-order chi connectivity index (χ0) is 18.9. The Bertz CT molecular complexity index is 761. The minimum atomic E-state index is 0.0692. The number of imidazole rings is 1. The lowest BCUT2D eigenvalue weighted by molar-refractivity contribution is 0.0431. The number of aromatic nitrogens is 4. The lowest BCUT2D eigenvalue weighted by Gasteiger charge is -2.51. The number of H-pyrrole nitrogens is 1. The Labute approximate surface area is 161 Å². The van der Waals surface area contributed by atoms with Gasteiger partial charge in [0.15, 0.2) is 11.6 Å². The number of piperidine rings is 1. The zero-order valence-corrected chi connectivity index (χ0v) is 16.8. The first kappa shape index (κ1) is 18.2. The van der Waals surface area contributed by atoms with Crippen LogP contribution in [0.1, 0.15) is 44.0 Å². The summed E-state index contributed by atoms with van der Waals surface area (Å²) in [5.41, 5.74) is 2.70. The minimum absolute atomic E-state index is 0.0692. The van der Waals surface area contributed by atoms with Crippen molar-refractivity contribution < 1.29 is 0 Å². The molecule has 2 aliphatic rings. The molecule has 2 aromatic heterocycles. The van der Waals surface area contributed by atoms with Gasteiger partial charge in [-0.2, -0.15) is 0 Å². The summed E-state index contributed by atoms with van der Waals surface area (Å²) in [6, 6.07) is 0. The van der Waals surface area contributed by atoms with Gasteiger partial charge in [-0.25, -0.2) is 15.0 Å². The van der Waals surface area contributed by atoms with Gasteiger partial charge in [0, 0.05) is 58.2 Å². The van der Waals surface area contributed by atoms with E-state index >= 15 is 0 Å². The Hall–Kier alpha value is -2.15. The Morgan fingerprint density at radius 2 is 1.89 bits per heavy atom. The van der Waals surface area contributed by atoms with E-state index in [1.54, 1.807) is 12.4 Å². The van der Waals surface area contributed by atoms with Crippen molar-refractivity contribution in [3.05, 3.63) is 30.1 Å². The number of hydrogen-bond acceptors (Lipinski definition) is 6. The number of anilines is 2. The summed E-state index contributed by atoms with van der Waals surface area (Å²) in [5.74, 6) is 1.94. The van der Waals surface area contributed by atoms with Crippen LogP contribution in [0.3, 0.4) is 0 Å². The summed E-state index contributed by atoms with van der Waals surface area (Å²) in [4.78, 5) is 24.5. The van der Waals surface area contributed by atoms with Crippen LogP contribution in [-0.2, 0) is 12.0 Å². The fourth-order valence-corrected chi connectivity index (χ4v) is 4.70. The van der Waals surface area contributed by atoms with Crippen LogP contribution in [0.2, 0.25) is 0 Å². The maximum absolute atomic E-state index is 4.78. The third kappa shape index (κ3) is 3.18. The van der Waals surface area contributed by atoms with E-state index in [0.717, 1.165) is 57.1 Å². The number of rotatable bonds is 5. The van der Waals surface area contributed by atoms with Crippen LogP contribution < -0.4 is 9.80 Å². The average Bonchev–Trinajstić information content (AvgIpc) is 3.18. The van der Waals surface area contributed by atoms with Crippen LogP contribution in [0.5, 0.6) is 0 Å². The monoisotopic (exact) mass is 369 g/mol. The van der Waals surface area contributed by atoms with Crippen LogP contribution >= 0.6 is 0 Å². The van der Waals surface area contributed by atoms with Crippen LogP contribution in [0.25, 0.3) is 0 Å². The minimum Gasteiger partial charge on any atom is -0.360 e. The third-order valence-electron chi connectivity index (χ3n) is 6.15. The molecule has 2 aromatic rings. The van der Waals surface area contributed by atoms with Crippen molar-refractivity contribution in [2.45, 2.75) is 44.6 Å². The highest BCUT2D eigenvalue weighted by Crippen LogP contribution is 2.43. The third-order valence-corrected chi connectivity index (χ3v) is 6.15. The number of fused-ring (bicyclic) bond motifs is 2. The number of unbranched alkanes of at least 4 members (excludes halogenated alkanes) is 1. The summed E-state index contributed by atoms with van der Waals surface area (Å²) in [6.07, 6.45) is 11.2. The van der Waals surface area contributed by atoms with E-state index in [1.165, 1.54) is 24.2 Å². The van der Waals surface area contributed by atoms with Crippen molar-refractivity contribution in [1.82, 2.24) is 24.8 Å². The molecule has 0 radical (unpaired) electrons. The van der Waals surface area contributed by atoms with E-state index in [0.29, 0.717) is 0 Å². The molecule has 4 rings (SSSR count). The lowest BCUT2D eigenvalue weighted by atomic mass is 9.78. The van der Waals surface area contributed by atoms with Gasteiger partial charge in [0.25, 0.3) is 0 Å². The first-order chi connectivity index (χ1) is 13.2. The van der Waals surface area contributed by atoms with E-state index in [9.17, 15) is 0 Å². The van der Waals surface area contributed by atoms with Crippen molar-refractivity contribution in [1.29, 1.82) is 0 Å². The highest BCUT2D eigenvalue weighted by atomic mass is 15.3. The van der Waals surface area contributed by atoms with E-state index in [4.69, 9.17) is 4.98 Å². The van der Waals surface area contributed by atoms with E-state index in [2.05, 4.69) is 31.7 Å². The first-order valence-corrected chi connectivity index (χ1v) is 10.2. The lowest BCUT2D eigenvalue weighted by Crippen LogP contribution is -2.56. The quantitative estimate of drug-likeness (QED) is 0.873. The number of aromatic amines is 1. The summed E-state index contributed by atoms with van der Waals surface area (Å²) in [5, 5.41) is 0. The molecule has 1 fully saturated rings. The predicted molar refractivity (Wildman–Crippen MR) is 108 cm³/mol. The van der Waals surface area contributed by atoms with Gasteiger partial charge < -0.3 is 14.8 Å². The van der Waals surface area contributed by atoms with Crippen molar-refractivity contribution in [3.8, 4) is 0 Å². The number of hydrogen-bond donors (Lipinski definition) is 1. The molecule has 0 aliphatic carbocycles. The molecular weight excluding hydrogens is 338 g/mol. The fraction of sp³-hybridized carbons (Fsp3) is 0.650. The van der Waals surface area contributed by atoms with Gasteiger partial charge in [-0.05, 0) is 25.8 Å². The molecule has 7 nitrogen and oxygen atoms in total. The summed E-state index contributed by atoms with van der Waals surface area (Å²) < 4.78 is 0. The van der Waals surface area contributed by atoms with Crippen LogP contribution in [-0.4, -0.2) is 65.1 Å². The molecule has 1 spiro atoms. The maximum atomic E-state index is 4.78. The smallest absolute Gasteiger partial charge is 0.171 e. The van der Waals surface area contributed by atoms with Crippen molar-refractivity contribution >= 4 is 11.6 Å². The Morgan fingerprint density at radius 3 is 2.63 bits per heavy atom. The van der Waals surface area contributed by atoms with Crippen LogP contribution in [0, 0.1) is 0 Å². The van der Waals surface area contributed by atoms with Gasteiger partial charge in [0.05, 0.1) is 17.6 Å². The van der Waals surface area contributed by atoms with Gasteiger partial charge in [-0.15, -0.1) is 0 Å². The molecule has 0 amide bonds. The first-order valence-electron chi connectivity index (χ1n) is 10.2. The summed E-state index contributed by atoms with van der Waals surface area (Å²) >= 11 is 0. The number of nitrogens with one attached hydrogen (secondary N) is 1. The second-order valence-corrected chi connectivity index (χ2v) is 7.94. The van der Waals surface area contributed by atoms with Gasteiger partial charge in [0.2, 0.25) is 0 Å². The van der Waals surface area contributed by atoms with Crippen LogP contribution in [0.4, 0.5) is 11.6 Å². The molecule has 0 bridgehead atoms. The highest BCUT2D eigenvalue weighted by Gasteiger charge is 2.46. The molecule has 146 valence electrons. The van der Waals surface area contributed by atoms with E-state index < -0.39 is 0 Å². The second kappa shape index (κ2) is 7.46. The highest BCUT2D eigenvalue weighted by molar-refractivity contribution is 5.61. The van der Waals surface area contributed by atoms with Crippen molar-refractivity contribution in [2.75, 3.05) is 50.1 Å². The van der Waals surface area contributed by atoms with Crippen molar-refractivity contribution in [3.63, 3.8) is 0 Å². The van der Waals surface area contributed by atoms with E-state index in [1.807, 2.05) is 25.3 Å². The van der Waals surface area contributed by atoms with Gasteiger partial charge >= 0.3 is 0 Å². The Balaban J connectivity index is 1.59. The maximum Gasteiger partial charge on any atom is 0.171 e. The zero-order valence-electron chi connectivity index (χ0n) is 16.8. The fourth-order valence-electron chi connectivity index (χ4n) is 4.70. The topological polar surface area (TPSA) is 64.2 Å². The molecule has 27 heavy (non-hydrogen) atoms. The normalized spacial score (nSPS) is 19.3. The standard InChI is InChI=1S/C20H31N7/c1-4-5-11-27-12-6-16-17(24-15-23-16)20(27)7-13-26(14-8-20)19-18(25(2)3)21-9-10-22-19/h9-10,15H,4-8,11-14H2,1-3H3,(H,23,24). The second-order valence-electron chi connectivity index (χ2n) is 7.94. The molecular formula is C20H31N7. The Morgan fingerprint density at radius 1 is 1.11 bits per heavy atom. The van der Waals surface area contributed by atoms with E-state index in [-0.39, 0.29) is 5.54 Å². The summed E-state index contributed by atoms with van der Waals surface area (Å²) in [6.45, 7) is 6.53. The molecule has 0 unspecified atom stereocenters. The molecule has 1 saturated heterocycles. The number of nitrogens with zero attached hydrogens (tertiary/aromatic N) is 6. The van der Waals surface area contributed by atoms with Gasteiger partial charge in [-0.1, -0.05) is 13.3 Å². The largest absolute Gasteiger partial charge is 0.360 e. The molecule has 0 saturated carbocycles. The SMILES string of the molecule is CCCCN1CCc2[nH]cnc2C12CCN(c1nccnc1N(C)C)CC2. The molecule has 1 N–H and O–H groups in total. The molecule has 2 aliphatic heterocycles. The predicted octanol–water partition coefficient (Wildman–Crippen LogP) is 2.42. The average molecular weight is 370 g/mol. The van der Waals surface area contributed by atoms with Gasteiger partial charge in [-0.3, -0.25) is 4.90 Å². The molecule has 7 heteroatoms.